The van der Waals surface area contributed by atoms with Crippen molar-refractivity contribution in [2.45, 2.75) is 57.1 Å². The maximum Gasteiger partial charge on any atom is 0.338 e. The summed E-state index contributed by atoms with van der Waals surface area (Å²) in [6.07, 6.45) is -1.75. The van der Waals surface area contributed by atoms with Crippen molar-refractivity contribution in [3.05, 3.63) is 144 Å². The van der Waals surface area contributed by atoms with E-state index in [1.54, 1.807) is 12.1 Å². The van der Waals surface area contributed by atoms with Gasteiger partial charge in [0.1, 0.15) is 12.2 Å². The van der Waals surface area contributed by atoms with Crippen molar-refractivity contribution in [1.82, 2.24) is 0 Å². The van der Waals surface area contributed by atoms with Gasteiger partial charge >= 0.3 is 5.97 Å². The van der Waals surface area contributed by atoms with Crippen molar-refractivity contribution in [2.75, 3.05) is 6.61 Å². The lowest BCUT2D eigenvalue weighted by molar-refractivity contribution is -0.163. The Morgan fingerprint density at radius 1 is 0.619 bits per heavy atom. The Morgan fingerprint density at radius 2 is 1.10 bits per heavy atom. The van der Waals surface area contributed by atoms with E-state index in [4.69, 9.17) is 18.9 Å². The molecule has 0 aromatic heterocycles. The molecule has 5 rings (SSSR count). The van der Waals surface area contributed by atoms with Gasteiger partial charge < -0.3 is 24.1 Å². The lowest BCUT2D eigenvalue weighted by atomic mass is 9.93. The Hall–Kier alpha value is -3.81. The van der Waals surface area contributed by atoms with E-state index in [9.17, 15) is 9.90 Å². The zero-order valence-electron chi connectivity index (χ0n) is 23.7. The molecule has 4 aromatic rings. The molecular weight excluding hydrogens is 528 g/mol. The fourth-order valence-electron chi connectivity index (χ4n) is 5.34. The molecule has 1 aliphatic rings. The molecule has 1 saturated carbocycles. The number of ether oxygens (including phenoxy) is 4. The second kappa shape index (κ2) is 15.4. The first kappa shape index (κ1) is 29.7. The average molecular weight is 567 g/mol. The molecule has 1 aliphatic carbocycles. The predicted molar refractivity (Wildman–Crippen MR) is 161 cm³/mol. The van der Waals surface area contributed by atoms with Gasteiger partial charge in [-0.25, -0.2) is 4.79 Å². The maximum atomic E-state index is 13.2. The summed E-state index contributed by atoms with van der Waals surface area (Å²) < 4.78 is 25.4. The predicted octanol–water partition coefficient (Wildman–Crippen LogP) is 6.37. The summed E-state index contributed by atoms with van der Waals surface area (Å²) in [5, 5.41) is 11.4. The van der Waals surface area contributed by atoms with Gasteiger partial charge in [-0.3, -0.25) is 0 Å². The number of aliphatic hydroxyl groups is 1. The molecule has 218 valence electrons. The molecule has 0 heterocycles. The van der Waals surface area contributed by atoms with Crippen LogP contribution in [0, 0.1) is 5.92 Å². The maximum absolute atomic E-state index is 13.2. The quantitative estimate of drug-likeness (QED) is 0.159. The number of aliphatic hydroxyl groups excluding tert-OH is 1. The highest BCUT2D eigenvalue weighted by Gasteiger charge is 2.45. The molecule has 42 heavy (non-hydrogen) atoms. The van der Waals surface area contributed by atoms with Crippen LogP contribution >= 0.6 is 0 Å². The highest BCUT2D eigenvalue weighted by Crippen LogP contribution is 2.33. The van der Waals surface area contributed by atoms with Crippen molar-refractivity contribution < 1.29 is 28.8 Å². The first-order valence-electron chi connectivity index (χ1n) is 14.5. The molecule has 6 nitrogen and oxygen atoms in total. The van der Waals surface area contributed by atoms with Crippen LogP contribution in [0.5, 0.6) is 0 Å². The van der Waals surface area contributed by atoms with Crippen molar-refractivity contribution in [1.29, 1.82) is 0 Å². The Morgan fingerprint density at radius 3 is 1.64 bits per heavy atom. The minimum atomic E-state index is -0.732. The molecule has 1 N–H and O–H groups in total. The zero-order valence-corrected chi connectivity index (χ0v) is 23.7. The summed E-state index contributed by atoms with van der Waals surface area (Å²) in [4.78, 5) is 13.2. The van der Waals surface area contributed by atoms with E-state index >= 15 is 0 Å². The zero-order chi connectivity index (χ0) is 29.0. The van der Waals surface area contributed by atoms with Crippen molar-refractivity contribution in [3.8, 4) is 0 Å². The number of rotatable bonds is 12. The fourth-order valence-corrected chi connectivity index (χ4v) is 5.34. The summed E-state index contributed by atoms with van der Waals surface area (Å²) in [5.74, 6) is -0.831. The number of carbonyl (C=O) groups is 1. The summed E-state index contributed by atoms with van der Waals surface area (Å²) in [5.41, 5.74) is 3.51. The van der Waals surface area contributed by atoms with E-state index in [-0.39, 0.29) is 6.61 Å². The van der Waals surface area contributed by atoms with Crippen molar-refractivity contribution in [3.63, 3.8) is 0 Å². The summed E-state index contributed by atoms with van der Waals surface area (Å²) >= 11 is 0. The second-order valence-corrected chi connectivity index (χ2v) is 10.6. The molecule has 0 unspecified atom stereocenters. The lowest BCUT2D eigenvalue weighted by Crippen LogP contribution is -2.48. The van der Waals surface area contributed by atoms with Crippen LogP contribution in [-0.2, 0) is 38.8 Å². The van der Waals surface area contributed by atoms with Gasteiger partial charge in [-0.2, -0.15) is 0 Å². The van der Waals surface area contributed by atoms with Gasteiger partial charge in [-0.05, 0) is 41.7 Å². The summed E-state index contributed by atoms with van der Waals surface area (Å²) in [6, 6.07) is 38.7. The number of esters is 1. The number of hydrogen-bond acceptors (Lipinski definition) is 6. The highest BCUT2D eigenvalue weighted by molar-refractivity contribution is 5.89. The second-order valence-electron chi connectivity index (χ2n) is 10.6. The smallest absolute Gasteiger partial charge is 0.338 e. The third-order valence-electron chi connectivity index (χ3n) is 7.61. The standard InChI is InChI=1S/C36H38O6/c37-32-21-22-33(42-36(38)30-19-11-4-12-20-30)35(41-25-29-17-9-3-10-18-29)34(40-24-28-15-7-2-8-16-28)31(32)26-39-23-27-13-5-1-6-14-27/h1-20,31-35,37H,21-26H2/t31-,32+,33+,34+,35+/m0/s1. The topological polar surface area (TPSA) is 74.2 Å². The molecule has 0 spiro atoms. The highest BCUT2D eigenvalue weighted by atomic mass is 16.6. The SMILES string of the molecule is O=C(O[C@@H]1CC[C@@H](O)[C@H](COCc2ccccc2)[C@@H](OCc2ccccc2)[C@@H]1OCc1ccccc1)c1ccccc1. The van der Waals surface area contributed by atoms with E-state index in [0.717, 1.165) is 16.7 Å². The molecule has 4 aromatic carbocycles. The third-order valence-corrected chi connectivity index (χ3v) is 7.61. The van der Waals surface area contributed by atoms with Crippen molar-refractivity contribution >= 4 is 5.97 Å². The van der Waals surface area contributed by atoms with Gasteiger partial charge in [0.25, 0.3) is 0 Å². The molecule has 0 amide bonds. The van der Waals surface area contributed by atoms with E-state index in [2.05, 4.69) is 0 Å². The van der Waals surface area contributed by atoms with Crippen LogP contribution in [0.2, 0.25) is 0 Å². The number of carbonyl (C=O) groups excluding carboxylic acids is 1. The molecule has 5 atom stereocenters. The lowest BCUT2D eigenvalue weighted by Gasteiger charge is -2.36. The Kier molecular flexibility index (Phi) is 10.9. The summed E-state index contributed by atoms with van der Waals surface area (Å²) in [7, 11) is 0. The Bertz CT molecular complexity index is 1330. The molecule has 0 radical (unpaired) electrons. The van der Waals surface area contributed by atoms with Gasteiger partial charge in [-0.1, -0.05) is 109 Å². The van der Waals surface area contributed by atoms with Crippen LogP contribution in [0.3, 0.4) is 0 Å². The van der Waals surface area contributed by atoms with Crippen LogP contribution in [0.15, 0.2) is 121 Å². The molecule has 0 aliphatic heterocycles. The average Bonchev–Trinajstić information content (AvgIpc) is 3.16. The monoisotopic (exact) mass is 566 g/mol. The van der Waals surface area contributed by atoms with E-state index < -0.39 is 36.3 Å². The van der Waals surface area contributed by atoms with Crippen LogP contribution in [0.1, 0.15) is 39.9 Å². The van der Waals surface area contributed by atoms with Crippen LogP contribution < -0.4 is 0 Å². The van der Waals surface area contributed by atoms with Crippen molar-refractivity contribution in [2.24, 2.45) is 5.92 Å². The summed E-state index contributed by atoms with van der Waals surface area (Å²) in [6.45, 7) is 1.30. The molecule has 0 bridgehead atoms. The first-order chi connectivity index (χ1) is 20.7. The third kappa shape index (κ3) is 8.37. The van der Waals surface area contributed by atoms with E-state index in [0.29, 0.717) is 38.2 Å². The minimum Gasteiger partial charge on any atom is -0.456 e. The molecule has 6 heteroatoms. The van der Waals surface area contributed by atoms with Crippen LogP contribution in [0.25, 0.3) is 0 Å². The number of hydrogen-bond donors (Lipinski definition) is 1. The van der Waals surface area contributed by atoms with Crippen LogP contribution in [-0.4, -0.2) is 42.1 Å². The van der Waals surface area contributed by atoms with Gasteiger partial charge in [0.05, 0.1) is 44.2 Å². The Labute approximate surface area is 247 Å². The van der Waals surface area contributed by atoms with E-state index in [1.807, 2.05) is 109 Å². The van der Waals surface area contributed by atoms with Crippen LogP contribution in [0.4, 0.5) is 0 Å². The first-order valence-corrected chi connectivity index (χ1v) is 14.5. The largest absolute Gasteiger partial charge is 0.456 e. The molecule has 1 fully saturated rings. The normalized spacial score (nSPS) is 22.3. The van der Waals surface area contributed by atoms with Gasteiger partial charge in [-0.15, -0.1) is 0 Å². The number of benzene rings is 4. The molecule has 0 saturated heterocycles. The van der Waals surface area contributed by atoms with Gasteiger partial charge in [0.15, 0.2) is 0 Å². The molecular formula is C36H38O6. The minimum absolute atomic E-state index is 0.264. The van der Waals surface area contributed by atoms with Gasteiger partial charge in [0, 0.05) is 5.92 Å². The fraction of sp³-hybridized carbons (Fsp3) is 0.306. The van der Waals surface area contributed by atoms with E-state index in [1.165, 1.54) is 0 Å². The van der Waals surface area contributed by atoms with Gasteiger partial charge in [0.2, 0.25) is 0 Å². The Balaban J connectivity index is 1.42.